The van der Waals surface area contributed by atoms with Gasteiger partial charge in [0.15, 0.2) is 0 Å². The number of methoxy groups -OCH3 is 1. The van der Waals surface area contributed by atoms with Crippen molar-refractivity contribution in [2.45, 2.75) is 13.8 Å². The van der Waals surface area contributed by atoms with E-state index in [0.717, 1.165) is 26.2 Å². The molecular formula is C18H22N4O2. The van der Waals surface area contributed by atoms with E-state index < -0.39 is 5.97 Å². The summed E-state index contributed by atoms with van der Waals surface area (Å²) in [6, 6.07) is 8.60. The van der Waals surface area contributed by atoms with Gasteiger partial charge in [-0.2, -0.15) is 0 Å². The Morgan fingerprint density at radius 1 is 1.04 bits per heavy atom. The lowest BCUT2D eigenvalue weighted by molar-refractivity contribution is 0.0599. The summed E-state index contributed by atoms with van der Waals surface area (Å²) in [5, 5.41) is 0. The van der Waals surface area contributed by atoms with E-state index in [4.69, 9.17) is 4.74 Å². The number of carbonyl (C=O) groups is 1. The highest BCUT2D eigenvalue weighted by molar-refractivity contribution is 5.90. The van der Waals surface area contributed by atoms with Gasteiger partial charge in [-0.1, -0.05) is 17.7 Å². The first-order valence-corrected chi connectivity index (χ1v) is 8.07. The summed E-state index contributed by atoms with van der Waals surface area (Å²) in [7, 11) is 1.36. The molecule has 1 fully saturated rings. The molecule has 0 spiro atoms. The highest BCUT2D eigenvalue weighted by atomic mass is 16.5. The standard InChI is InChI=1S/C18H22N4O2/c1-13-4-6-15(7-5-13)21-8-10-22(11-9-21)18-19-12-16(14(2)20-18)17(23)24-3/h4-7,12H,8-11H2,1-3H3. The normalized spacial score (nSPS) is 14.6. The number of piperazine rings is 1. The van der Waals surface area contributed by atoms with Gasteiger partial charge in [0.05, 0.1) is 18.4 Å². The maximum Gasteiger partial charge on any atom is 0.341 e. The lowest BCUT2D eigenvalue weighted by Crippen LogP contribution is -2.47. The maximum absolute atomic E-state index is 11.6. The minimum absolute atomic E-state index is 0.400. The number of aryl methyl sites for hydroxylation is 2. The van der Waals surface area contributed by atoms with Crippen LogP contribution in [0.4, 0.5) is 11.6 Å². The molecule has 0 atom stereocenters. The van der Waals surface area contributed by atoms with Crippen molar-refractivity contribution in [3.05, 3.63) is 47.3 Å². The van der Waals surface area contributed by atoms with Crippen LogP contribution in [-0.4, -0.2) is 49.2 Å². The molecule has 0 aliphatic carbocycles. The Kier molecular flexibility index (Phi) is 4.64. The molecule has 24 heavy (non-hydrogen) atoms. The average molecular weight is 326 g/mol. The smallest absolute Gasteiger partial charge is 0.341 e. The molecule has 0 radical (unpaired) electrons. The van der Waals surface area contributed by atoms with Crippen molar-refractivity contribution < 1.29 is 9.53 Å². The highest BCUT2D eigenvalue weighted by Crippen LogP contribution is 2.19. The molecule has 6 nitrogen and oxygen atoms in total. The molecule has 126 valence electrons. The molecule has 2 heterocycles. The van der Waals surface area contributed by atoms with E-state index in [9.17, 15) is 4.79 Å². The molecule has 0 unspecified atom stereocenters. The Morgan fingerprint density at radius 2 is 1.67 bits per heavy atom. The van der Waals surface area contributed by atoms with Crippen LogP contribution in [0, 0.1) is 13.8 Å². The number of aromatic nitrogens is 2. The van der Waals surface area contributed by atoms with Gasteiger partial charge in [-0.15, -0.1) is 0 Å². The SMILES string of the molecule is COC(=O)c1cnc(N2CCN(c3ccc(C)cc3)CC2)nc1C. The highest BCUT2D eigenvalue weighted by Gasteiger charge is 2.20. The quantitative estimate of drug-likeness (QED) is 0.806. The van der Waals surface area contributed by atoms with Crippen LogP contribution in [-0.2, 0) is 4.74 Å². The second-order valence-corrected chi connectivity index (χ2v) is 5.97. The van der Waals surface area contributed by atoms with Gasteiger partial charge in [0, 0.05) is 38.1 Å². The molecule has 0 bridgehead atoms. The zero-order valence-corrected chi connectivity index (χ0v) is 14.3. The third-order valence-electron chi connectivity index (χ3n) is 4.33. The Labute approximate surface area is 142 Å². The number of benzene rings is 1. The van der Waals surface area contributed by atoms with Crippen molar-refractivity contribution in [2.24, 2.45) is 0 Å². The van der Waals surface area contributed by atoms with Crippen LogP contribution in [0.15, 0.2) is 30.5 Å². The fraction of sp³-hybridized carbons (Fsp3) is 0.389. The van der Waals surface area contributed by atoms with Gasteiger partial charge in [-0.05, 0) is 26.0 Å². The average Bonchev–Trinajstić information content (AvgIpc) is 2.62. The van der Waals surface area contributed by atoms with Crippen LogP contribution in [0.1, 0.15) is 21.6 Å². The van der Waals surface area contributed by atoms with Crippen LogP contribution in [0.25, 0.3) is 0 Å². The van der Waals surface area contributed by atoms with Crippen molar-refractivity contribution >= 4 is 17.6 Å². The molecule has 3 rings (SSSR count). The summed E-state index contributed by atoms with van der Waals surface area (Å²) >= 11 is 0. The summed E-state index contributed by atoms with van der Waals surface area (Å²) in [6.45, 7) is 7.45. The molecule has 1 saturated heterocycles. The van der Waals surface area contributed by atoms with Gasteiger partial charge >= 0.3 is 5.97 Å². The number of ether oxygens (including phenoxy) is 1. The maximum atomic E-state index is 11.6. The monoisotopic (exact) mass is 326 g/mol. The summed E-state index contributed by atoms with van der Waals surface area (Å²) in [5.41, 5.74) is 3.58. The van der Waals surface area contributed by atoms with Gasteiger partial charge < -0.3 is 14.5 Å². The molecule has 6 heteroatoms. The van der Waals surface area contributed by atoms with Crippen LogP contribution in [0.2, 0.25) is 0 Å². The lowest BCUT2D eigenvalue weighted by Gasteiger charge is -2.36. The van der Waals surface area contributed by atoms with Gasteiger partial charge in [-0.3, -0.25) is 0 Å². The van der Waals surface area contributed by atoms with Crippen molar-refractivity contribution in [2.75, 3.05) is 43.1 Å². The molecule has 1 aliphatic rings. The van der Waals surface area contributed by atoms with Crippen molar-refractivity contribution in [3.63, 3.8) is 0 Å². The fourth-order valence-corrected chi connectivity index (χ4v) is 2.84. The Balaban J connectivity index is 1.67. The van der Waals surface area contributed by atoms with E-state index in [2.05, 4.69) is 51.0 Å². The number of esters is 1. The Morgan fingerprint density at radius 3 is 2.25 bits per heavy atom. The molecule has 0 N–H and O–H groups in total. The van der Waals surface area contributed by atoms with Crippen molar-refractivity contribution in [1.29, 1.82) is 0 Å². The third kappa shape index (κ3) is 3.32. The molecule has 1 aromatic heterocycles. The Bertz CT molecular complexity index is 722. The summed E-state index contributed by atoms with van der Waals surface area (Å²) < 4.78 is 4.73. The fourth-order valence-electron chi connectivity index (χ4n) is 2.84. The number of anilines is 2. The predicted molar refractivity (Wildman–Crippen MR) is 93.7 cm³/mol. The van der Waals surface area contributed by atoms with E-state index in [1.54, 1.807) is 13.1 Å². The van der Waals surface area contributed by atoms with E-state index in [1.165, 1.54) is 18.4 Å². The topological polar surface area (TPSA) is 58.6 Å². The molecular weight excluding hydrogens is 304 g/mol. The van der Waals surface area contributed by atoms with Gasteiger partial charge in [0.2, 0.25) is 5.95 Å². The summed E-state index contributed by atoms with van der Waals surface area (Å²) in [6.07, 6.45) is 1.55. The second-order valence-electron chi connectivity index (χ2n) is 5.97. The molecule has 2 aromatic rings. The van der Waals surface area contributed by atoms with Gasteiger partial charge in [0.1, 0.15) is 0 Å². The first-order valence-electron chi connectivity index (χ1n) is 8.07. The summed E-state index contributed by atoms with van der Waals surface area (Å²) in [4.78, 5) is 24.9. The van der Waals surface area contributed by atoms with Gasteiger partial charge in [-0.25, -0.2) is 14.8 Å². The molecule has 0 amide bonds. The largest absolute Gasteiger partial charge is 0.465 e. The van der Waals surface area contributed by atoms with Crippen LogP contribution < -0.4 is 9.80 Å². The molecule has 0 saturated carbocycles. The van der Waals surface area contributed by atoms with E-state index in [1.807, 2.05) is 0 Å². The lowest BCUT2D eigenvalue weighted by atomic mass is 10.2. The zero-order valence-electron chi connectivity index (χ0n) is 14.3. The predicted octanol–water partition coefficient (Wildman–Crippen LogP) is 2.21. The number of nitrogens with zero attached hydrogens (tertiary/aromatic N) is 4. The van der Waals surface area contributed by atoms with E-state index in [0.29, 0.717) is 17.2 Å². The van der Waals surface area contributed by atoms with E-state index in [-0.39, 0.29) is 0 Å². The number of hydrogen-bond acceptors (Lipinski definition) is 6. The summed E-state index contributed by atoms with van der Waals surface area (Å²) in [5.74, 6) is 0.270. The van der Waals surface area contributed by atoms with E-state index >= 15 is 0 Å². The first-order chi connectivity index (χ1) is 11.6. The third-order valence-corrected chi connectivity index (χ3v) is 4.33. The van der Waals surface area contributed by atoms with Crippen LogP contribution in [0.5, 0.6) is 0 Å². The van der Waals surface area contributed by atoms with Gasteiger partial charge in [0.25, 0.3) is 0 Å². The zero-order chi connectivity index (χ0) is 17.1. The minimum atomic E-state index is -0.400. The number of hydrogen-bond donors (Lipinski definition) is 0. The number of carbonyl (C=O) groups excluding carboxylic acids is 1. The first kappa shape index (κ1) is 16.2. The number of rotatable bonds is 3. The van der Waals surface area contributed by atoms with Crippen LogP contribution in [0.3, 0.4) is 0 Å². The minimum Gasteiger partial charge on any atom is -0.465 e. The van der Waals surface area contributed by atoms with Crippen molar-refractivity contribution in [3.8, 4) is 0 Å². The van der Waals surface area contributed by atoms with Crippen LogP contribution >= 0.6 is 0 Å². The second kappa shape index (κ2) is 6.86. The molecule has 1 aromatic carbocycles. The van der Waals surface area contributed by atoms with Crippen molar-refractivity contribution in [1.82, 2.24) is 9.97 Å². The Hall–Kier alpha value is -2.63. The molecule has 1 aliphatic heterocycles.